The Bertz CT molecular complexity index is 910. The number of anilines is 1. The highest BCUT2D eigenvalue weighted by Gasteiger charge is 2.31. The van der Waals surface area contributed by atoms with E-state index in [1.807, 2.05) is 18.7 Å². The summed E-state index contributed by atoms with van der Waals surface area (Å²) >= 11 is 1.53. The van der Waals surface area contributed by atoms with E-state index in [1.54, 1.807) is 0 Å². The first-order valence-corrected chi connectivity index (χ1v) is 12.8. The van der Waals surface area contributed by atoms with Crippen LogP contribution in [0, 0.1) is 17.2 Å². The lowest BCUT2D eigenvalue weighted by atomic mass is 9.89. The molecule has 0 aromatic carbocycles. The third kappa shape index (κ3) is 4.86. The molecule has 1 fully saturated rings. The number of rotatable bonds is 7. The van der Waals surface area contributed by atoms with Gasteiger partial charge in [0.1, 0.15) is 11.1 Å². The van der Waals surface area contributed by atoms with Crippen LogP contribution in [0.4, 0.5) is 5.00 Å². The Kier molecular flexibility index (Phi) is 7.52. The van der Waals surface area contributed by atoms with Crippen LogP contribution >= 0.6 is 11.3 Å². The molecule has 0 saturated carbocycles. The van der Waals surface area contributed by atoms with Crippen LogP contribution in [-0.4, -0.2) is 73.6 Å². The molecule has 10 heteroatoms. The first kappa shape index (κ1) is 23.2. The second-order valence-electron chi connectivity index (χ2n) is 7.98. The number of nitrogens with one attached hydrogen (secondary N) is 1. The Labute approximate surface area is 183 Å². The van der Waals surface area contributed by atoms with Gasteiger partial charge in [-0.3, -0.25) is 9.69 Å². The lowest BCUT2D eigenvalue weighted by molar-refractivity contribution is -0.117. The summed E-state index contributed by atoms with van der Waals surface area (Å²) in [6.07, 6.45) is 2.94. The fourth-order valence-electron chi connectivity index (χ4n) is 4.16. The molecule has 1 atom stereocenters. The Morgan fingerprint density at radius 2 is 1.93 bits per heavy atom. The van der Waals surface area contributed by atoms with Crippen molar-refractivity contribution in [3.05, 3.63) is 16.0 Å². The summed E-state index contributed by atoms with van der Waals surface area (Å²) in [5.74, 6) is 0.452. The van der Waals surface area contributed by atoms with Gasteiger partial charge in [-0.15, -0.1) is 11.3 Å². The van der Waals surface area contributed by atoms with Crippen molar-refractivity contribution in [2.24, 2.45) is 5.92 Å². The lowest BCUT2D eigenvalue weighted by Gasteiger charge is -2.35. The maximum Gasteiger partial charge on any atom is 0.282 e. The summed E-state index contributed by atoms with van der Waals surface area (Å²) < 4.78 is 28.2. The Balaban J connectivity index is 1.57. The van der Waals surface area contributed by atoms with E-state index in [1.165, 1.54) is 24.8 Å². The molecule has 1 unspecified atom stereocenters. The SMILES string of the molecule is CCN(CC)S(=O)(=O)N1CCN(CC(=O)Nc2sc3c(c2C#N)CCC(C)C3)CC1. The van der Waals surface area contributed by atoms with Crippen molar-refractivity contribution >= 4 is 32.5 Å². The van der Waals surface area contributed by atoms with Crippen molar-refractivity contribution in [1.29, 1.82) is 5.26 Å². The number of amides is 1. The van der Waals surface area contributed by atoms with Gasteiger partial charge in [-0.25, -0.2) is 0 Å². The molecule has 0 bridgehead atoms. The van der Waals surface area contributed by atoms with Gasteiger partial charge in [0.15, 0.2) is 0 Å². The van der Waals surface area contributed by atoms with Crippen LogP contribution in [0.3, 0.4) is 0 Å². The van der Waals surface area contributed by atoms with Crippen molar-refractivity contribution in [3.63, 3.8) is 0 Å². The van der Waals surface area contributed by atoms with E-state index in [2.05, 4.69) is 18.3 Å². The number of nitrogens with zero attached hydrogens (tertiary/aromatic N) is 4. The molecule has 3 rings (SSSR count). The van der Waals surface area contributed by atoms with Gasteiger partial charge < -0.3 is 5.32 Å². The van der Waals surface area contributed by atoms with Crippen LogP contribution in [0.1, 0.15) is 43.2 Å². The van der Waals surface area contributed by atoms with E-state index < -0.39 is 10.2 Å². The zero-order valence-corrected chi connectivity index (χ0v) is 19.6. The minimum Gasteiger partial charge on any atom is -0.315 e. The monoisotopic (exact) mass is 453 g/mol. The van der Waals surface area contributed by atoms with Gasteiger partial charge in [0.05, 0.1) is 12.1 Å². The van der Waals surface area contributed by atoms with Crippen molar-refractivity contribution in [3.8, 4) is 6.07 Å². The maximum absolute atomic E-state index is 12.6. The van der Waals surface area contributed by atoms with Gasteiger partial charge >= 0.3 is 0 Å². The van der Waals surface area contributed by atoms with Crippen LogP contribution in [0.15, 0.2) is 0 Å². The van der Waals surface area contributed by atoms with E-state index in [4.69, 9.17) is 0 Å². The molecule has 8 nitrogen and oxygen atoms in total. The van der Waals surface area contributed by atoms with Crippen LogP contribution < -0.4 is 5.32 Å². The molecule has 0 spiro atoms. The Hall–Kier alpha value is -1.51. The largest absolute Gasteiger partial charge is 0.315 e. The van der Waals surface area contributed by atoms with Crippen LogP contribution in [0.2, 0.25) is 0 Å². The van der Waals surface area contributed by atoms with Crippen LogP contribution in [0.5, 0.6) is 0 Å². The molecule has 166 valence electrons. The highest BCUT2D eigenvalue weighted by Crippen LogP contribution is 2.39. The number of hydrogen-bond donors (Lipinski definition) is 1. The van der Waals surface area contributed by atoms with Gasteiger partial charge in [-0.2, -0.15) is 22.3 Å². The summed E-state index contributed by atoms with van der Waals surface area (Å²) in [5.41, 5.74) is 1.72. The van der Waals surface area contributed by atoms with Gasteiger partial charge in [-0.1, -0.05) is 20.8 Å². The zero-order valence-electron chi connectivity index (χ0n) is 18.0. The fourth-order valence-corrected chi connectivity index (χ4v) is 7.14. The van der Waals surface area contributed by atoms with E-state index in [0.29, 0.717) is 55.8 Å². The van der Waals surface area contributed by atoms with Crippen LogP contribution in [-0.2, 0) is 27.8 Å². The van der Waals surface area contributed by atoms with Crippen molar-refractivity contribution < 1.29 is 13.2 Å². The van der Waals surface area contributed by atoms with E-state index in [-0.39, 0.29) is 12.5 Å². The summed E-state index contributed by atoms with van der Waals surface area (Å²) in [6.45, 7) is 8.76. The Morgan fingerprint density at radius 3 is 2.53 bits per heavy atom. The number of thiophene rings is 1. The van der Waals surface area contributed by atoms with E-state index in [9.17, 15) is 18.5 Å². The summed E-state index contributed by atoms with van der Waals surface area (Å²) in [4.78, 5) is 15.8. The first-order valence-electron chi connectivity index (χ1n) is 10.6. The maximum atomic E-state index is 12.6. The lowest BCUT2D eigenvalue weighted by Crippen LogP contribution is -2.54. The van der Waals surface area contributed by atoms with E-state index >= 15 is 0 Å². The smallest absolute Gasteiger partial charge is 0.282 e. The zero-order chi connectivity index (χ0) is 21.9. The number of nitriles is 1. The third-order valence-corrected chi connectivity index (χ3v) is 9.29. The first-order chi connectivity index (χ1) is 14.3. The summed E-state index contributed by atoms with van der Waals surface area (Å²) in [7, 11) is -3.44. The second-order valence-corrected chi connectivity index (χ2v) is 11.0. The molecular weight excluding hydrogens is 422 g/mol. The fraction of sp³-hybridized carbons (Fsp3) is 0.700. The number of carbonyl (C=O) groups is 1. The molecule has 1 aliphatic carbocycles. The minimum atomic E-state index is -3.44. The molecule has 2 aliphatic rings. The highest BCUT2D eigenvalue weighted by atomic mass is 32.2. The van der Waals surface area contributed by atoms with Crippen LogP contribution in [0.25, 0.3) is 0 Å². The standard InChI is InChI=1S/C20H31N5O3S2/c1-4-24(5-2)30(27,28)25-10-8-23(9-11-25)14-19(26)22-20-17(13-21)16-7-6-15(3)12-18(16)29-20/h15H,4-12,14H2,1-3H3,(H,22,26). The molecule has 0 radical (unpaired) electrons. The Morgan fingerprint density at radius 1 is 1.27 bits per heavy atom. The third-order valence-electron chi connectivity index (χ3n) is 5.93. The predicted molar refractivity (Wildman–Crippen MR) is 119 cm³/mol. The molecule has 1 saturated heterocycles. The topological polar surface area (TPSA) is 96.8 Å². The highest BCUT2D eigenvalue weighted by molar-refractivity contribution is 7.86. The summed E-state index contributed by atoms with van der Waals surface area (Å²) in [5, 5.41) is 13.2. The minimum absolute atomic E-state index is 0.154. The summed E-state index contributed by atoms with van der Waals surface area (Å²) in [6, 6.07) is 2.28. The molecule has 1 N–H and O–H groups in total. The van der Waals surface area contributed by atoms with Gasteiger partial charge in [0.25, 0.3) is 10.2 Å². The number of piperazine rings is 1. The molecular formula is C20H31N5O3S2. The number of fused-ring (bicyclic) bond motifs is 1. The van der Waals surface area contributed by atoms with Gasteiger partial charge in [-0.05, 0) is 30.7 Å². The number of hydrogen-bond acceptors (Lipinski definition) is 6. The molecule has 1 amide bonds. The van der Waals surface area contributed by atoms with Crippen molar-refractivity contribution in [2.45, 2.75) is 40.0 Å². The van der Waals surface area contributed by atoms with Crippen molar-refractivity contribution in [1.82, 2.24) is 13.5 Å². The molecule has 1 aromatic rings. The number of carbonyl (C=O) groups excluding carboxylic acids is 1. The van der Waals surface area contributed by atoms with Crippen molar-refractivity contribution in [2.75, 3.05) is 51.1 Å². The predicted octanol–water partition coefficient (Wildman–Crippen LogP) is 1.89. The second kappa shape index (κ2) is 9.75. The molecule has 30 heavy (non-hydrogen) atoms. The molecule has 2 heterocycles. The van der Waals surface area contributed by atoms with Gasteiger partial charge in [0, 0.05) is 44.1 Å². The molecule has 1 aliphatic heterocycles. The normalized spacial score (nSPS) is 20.7. The molecule has 1 aromatic heterocycles. The average Bonchev–Trinajstić information content (AvgIpc) is 3.04. The average molecular weight is 454 g/mol. The quantitative estimate of drug-likeness (QED) is 0.680. The van der Waals surface area contributed by atoms with Gasteiger partial charge in [0.2, 0.25) is 5.91 Å². The van der Waals surface area contributed by atoms with E-state index in [0.717, 1.165) is 24.8 Å².